The molecule has 1 amide bonds. The van der Waals surface area contributed by atoms with E-state index in [0.29, 0.717) is 11.8 Å². The first-order valence-corrected chi connectivity index (χ1v) is 10.3. The minimum Gasteiger partial charge on any atom is -0.302 e. The molecular formula is C21H26N2OS. The number of carbonyl (C=O) groups is 1. The summed E-state index contributed by atoms with van der Waals surface area (Å²) in [5, 5.41) is 5.83. The molecule has 3 nitrogen and oxygen atoms in total. The van der Waals surface area contributed by atoms with Gasteiger partial charge in [-0.1, -0.05) is 44.5 Å². The van der Waals surface area contributed by atoms with Crippen molar-refractivity contribution in [3.05, 3.63) is 35.2 Å². The van der Waals surface area contributed by atoms with Gasteiger partial charge < -0.3 is 5.32 Å². The van der Waals surface area contributed by atoms with Crippen LogP contribution in [-0.2, 0) is 11.2 Å². The lowest BCUT2D eigenvalue weighted by atomic mass is 9.88. The van der Waals surface area contributed by atoms with Gasteiger partial charge in [0.15, 0.2) is 5.13 Å². The highest BCUT2D eigenvalue weighted by Crippen LogP contribution is 2.48. The summed E-state index contributed by atoms with van der Waals surface area (Å²) >= 11 is 1.52. The van der Waals surface area contributed by atoms with Crippen molar-refractivity contribution in [3.63, 3.8) is 0 Å². The Morgan fingerprint density at radius 2 is 2.04 bits per heavy atom. The first-order valence-electron chi connectivity index (χ1n) is 9.44. The number of aromatic nitrogens is 1. The maximum absolute atomic E-state index is 12.6. The average molecular weight is 355 g/mol. The molecule has 25 heavy (non-hydrogen) atoms. The largest absolute Gasteiger partial charge is 0.302 e. The molecule has 4 heteroatoms. The Morgan fingerprint density at radius 3 is 2.68 bits per heavy atom. The fourth-order valence-corrected chi connectivity index (χ4v) is 5.23. The average Bonchev–Trinajstić information content (AvgIpc) is 3.31. The van der Waals surface area contributed by atoms with Crippen LogP contribution in [0.4, 0.5) is 5.13 Å². The maximum atomic E-state index is 12.6. The lowest BCUT2D eigenvalue weighted by Gasteiger charge is -2.19. The van der Waals surface area contributed by atoms with Gasteiger partial charge in [0, 0.05) is 16.9 Å². The molecule has 0 radical (unpaired) electrons. The Morgan fingerprint density at radius 1 is 1.24 bits per heavy atom. The zero-order valence-corrected chi connectivity index (χ0v) is 15.8. The van der Waals surface area contributed by atoms with E-state index in [4.69, 9.17) is 0 Å². The van der Waals surface area contributed by atoms with Crippen LogP contribution in [0.3, 0.4) is 0 Å². The molecule has 0 aliphatic heterocycles. The van der Waals surface area contributed by atoms with Gasteiger partial charge in [0.1, 0.15) is 0 Å². The zero-order valence-electron chi connectivity index (χ0n) is 15.0. The molecule has 3 unspecified atom stereocenters. The molecule has 2 fully saturated rings. The minimum atomic E-state index is 0.181. The van der Waals surface area contributed by atoms with Crippen molar-refractivity contribution in [2.24, 2.45) is 23.7 Å². The molecule has 1 N–H and O–H groups in total. The second-order valence-electron chi connectivity index (χ2n) is 8.10. The number of amides is 1. The van der Waals surface area contributed by atoms with E-state index in [1.165, 1.54) is 36.2 Å². The monoisotopic (exact) mass is 354 g/mol. The lowest BCUT2D eigenvalue weighted by molar-refractivity contribution is -0.121. The fraction of sp³-hybridized carbons (Fsp3) is 0.524. The summed E-state index contributed by atoms with van der Waals surface area (Å²) in [6, 6.07) is 8.63. The molecule has 0 saturated heterocycles. The molecule has 4 rings (SSSR count). The quantitative estimate of drug-likeness (QED) is 0.783. The van der Waals surface area contributed by atoms with Crippen molar-refractivity contribution in [2.75, 3.05) is 5.32 Å². The number of rotatable bonds is 5. The minimum absolute atomic E-state index is 0.181. The molecule has 2 aliphatic carbocycles. The third-order valence-corrected chi connectivity index (χ3v) is 6.46. The summed E-state index contributed by atoms with van der Waals surface area (Å²) in [4.78, 5) is 17.2. The van der Waals surface area contributed by atoms with E-state index in [9.17, 15) is 4.79 Å². The molecule has 1 aromatic carbocycles. The van der Waals surface area contributed by atoms with Gasteiger partial charge in [-0.2, -0.15) is 0 Å². The van der Waals surface area contributed by atoms with Gasteiger partial charge in [0.05, 0.1) is 5.69 Å². The fourth-order valence-electron chi connectivity index (χ4n) is 4.51. The molecule has 3 atom stereocenters. The van der Waals surface area contributed by atoms with Gasteiger partial charge in [-0.3, -0.25) is 4.79 Å². The van der Waals surface area contributed by atoms with Gasteiger partial charge in [-0.05, 0) is 49.0 Å². The van der Waals surface area contributed by atoms with Gasteiger partial charge >= 0.3 is 0 Å². The number of anilines is 1. The summed E-state index contributed by atoms with van der Waals surface area (Å²) in [5.74, 6) is 2.45. The maximum Gasteiger partial charge on any atom is 0.229 e. The predicted octanol–water partition coefficient (Wildman–Crippen LogP) is 5.38. The van der Waals surface area contributed by atoms with E-state index < -0.39 is 0 Å². The van der Waals surface area contributed by atoms with E-state index >= 15 is 0 Å². The van der Waals surface area contributed by atoms with Crippen LogP contribution in [0.25, 0.3) is 11.3 Å². The van der Waals surface area contributed by atoms with Crippen molar-refractivity contribution < 1.29 is 4.79 Å². The molecule has 0 spiro atoms. The SMILES string of the molecule is CC(C)Cc1ccc(-c2csc(NC(=O)C3CC4CCC3C4)n2)cc1. The topological polar surface area (TPSA) is 42.0 Å². The number of benzene rings is 1. The smallest absolute Gasteiger partial charge is 0.229 e. The van der Waals surface area contributed by atoms with Crippen molar-refractivity contribution in [2.45, 2.75) is 46.0 Å². The lowest BCUT2D eigenvalue weighted by Crippen LogP contribution is -2.27. The van der Waals surface area contributed by atoms with Crippen LogP contribution < -0.4 is 5.32 Å². The van der Waals surface area contributed by atoms with Gasteiger partial charge in [0.2, 0.25) is 5.91 Å². The first-order chi connectivity index (χ1) is 12.1. The Labute approximate surface area is 153 Å². The van der Waals surface area contributed by atoms with E-state index in [-0.39, 0.29) is 11.8 Å². The van der Waals surface area contributed by atoms with Gasteiger partial charge in [-0.15, -0.1) is 11.3 Å². The van der Waals surface area contributed by atoms with Crippen LogP contribution >= 0.6 is 11.3 Å². The molecular weight excluding hydrogens is 328 g/mol. The number of nitrogens with one attached hydrogen (secondary N) is 1. The number of nitrogens with zero attached hydrogens (tertiary/aromatic N) is 1. The normalized spacial score (nSPS) is 24.8. The van der Waals surface area contributed by atoms with Crippen molar-refractivity contribution in [1.82, 2.24) is 4.98 Å². The molecule has 1 heterocycles. The van der Waals surface area contributed by atoms with Crippen LogP contribution in [0, 0.1) is 23.7 Å². The summed E-state index contributed by atoms with van der Waals surface area (Å²) in [6.45, 7) is 4.47. The molecule has 2 saturated carbocycles. The van der Waals surface area contributed by atoms with Gasteiger partial charge in [-0.25, -0.2) is 4.98 Å². The Balaban J connectivity index is 1.41. The zero-order chi connectivity index (χ0) is 17.4. The molecule has 2 bridgehead atoms. The predicted molar refractivity (Wildman–Crippen MR) is 104 cm³/mol. The summed E-state index contributed by atoms with van der Waals surface area (Å²) in [7, 11) is 0. The van der Waals surface area contributed by atoms with Crippen LogP contribution in [0.2, 0.25) is 0 Å². The number of thiazole rings is 1. The van der Waals surface area contributed by atoms with Crippen LogP contribution in [0.1, 0.15) is 45.1 Å². The number of fused-ring (bicyclic) bond motifs is 2. The number of carbonyl (C=O) groups excluding carboxylic acids is 1. The van der Waals surface area contributed by atoms with E-state index in [0.717, 1.165) is 35.1 Å². The van der Waals surface area contributed by atoms with E-state index in [1.807, 2.05) is 5.38 Å². The van der Waals surface area contributed by atoms with Crippen LogP contribution in [0.5, 0.6) is 0 Å². The van der Waals surface area contributed by atoms with Crippen LogP contribution in [0.15, 0.2) is 29.6 Å². The van der Waals surface area contributed by atoms with E-state index in [1.54, 1.807) is 0 Å². The summed E-state index contributed by atoms with van der Waals surface area (Å²) < 4.78 is 0. The molecule has 2 aromatic rings. The van der Waals surface area contributed by atoms with E-state index in [2.05, 4.69) is 48.4 Å². The third-order valence-electron chi connectivity index (χ3n) is 5.70. The van der Waals surface area contributed by atoms with Crippen LogP contribution in [-0.4, -0.2) is 10.9 Å². The molecule has 1 aromatic heterocycles. The van der Waals surface area contributed by atoms with Crippen molar-refractivity contribution in [1.29, 1.82) is 0 Å². The summed E-state index contributed by atoms with van der Waals surface area (Å²) in [6.07, 6.45) is 5.98. The van der Waals surface area contributed by atoms with Crippen molar-refractivity contribution >= 4 is 22.4 Å². The second kappa shape index (κ2) is 6.91. The Bertz CT molecular complexity index is 750. The number of hydrogen-bond acceptors (Lipinski definition) is 3. The summed E-state index contributed by atoms with van der Waals surface area (Å²) in [5.41, 5.74) is 3.42. The third kappa shape index (κ3) is 3.64. The number of hydrogen-bond donors (Lipinski definition) is 1. The molecule has 132 valence electrons. The first kappa shape index (κ1) is 16.8. The van der Waals surface area contributed by atoms with Gasteiger partial charge in [0.25, 0.3) is 0 Å². The highest BCUT2D eigenvalue weighted by molar-refractivity contribution is 7.14. The second-order valence-corrected chi connectivity index (χ2v) is 8.96. The highest BCUT2D eigenvalue weighted by Gasteiger charge is 2.43. The van der Waals surface area contributed by atoms with Crippen molar-refractivity contribution in [3.8, 4) is 11.3 Å². The Kier molecular flexibility index (Phi) is 4.63. The standard InChI is InChI=1S/C21H26N2OS/c1-13(2)9-14-3-6-16(7-4-14)19-12-25-21(22-19)23-20(24)18-11-15-5-8-17(18)10-15/h3-4,6-7,12-13,15,17-18H,5,8-11H2,1-2H3,(H,22,23,24). The Hall–Kier alpha value is -1.68. The highest BCUT2D eigenvalue weighted by atomic mass is 32.1. The molecule has 2 aliphatic rings.